The van der Waals surface area contributed by atoms with Crippen LogP contribution in [0.5, 0.6) is 17.2 Å². The highest BCUT2D eigenvalue weighted by atomic mass is 35.5. The molecule has 1 aliphatic rings. The van der Waals surface area contributed by atoms with Crippen molar-refractivity contribution in [3.63, 3.8) is 0 Å². The molecule has 0 amide bonds. The van der Waals surface area contributed by atoms with Gasteiger partial charge in [-0.2, -0.15) is 4.80 Å². The number of halogens is 1. The fourth-order valence-electron chi connectivity index (χ4n) is 2.73. The van der Waals surface area contributed by atoms with E-state index in [1.807, 2.05) is 36.4 Å². The van der Waals surface area contributed by atoms with Crippen LogP contribution in [0.4, 0.5) is 0 Å². The molecule has 3 aromatic rings. The first kappa shape index (κ1) is 16.7. The van der Waals surface area contributed by atoms with E-state index in [4.69, 9.17) is 25.8 Å². The summed E-state index contributed by atoms with van der Waals surface area (Å²) >= 11 is 6.34. The molecule has 4 rings (SSSR count). The van der Waals surface area contributed by atoms with Crippen molar-refractivity contribution in [3.8, 4) is 28.6 Å². The van der Waals surface area contributed by atoms with Gasteiger partial charge in [0.05, 0.1) is 31.9 Å². The van der Waals surface area contributed by atoms with E-state index >= 15 is 0 Å². The van der Waals surface area contributed by atoms with Crippen LogP contribution < -0.4 is 14.2 Å². The maximum Gasteiger partial charge on any atom is 0.205 e. The molecule has 1 aromatic heterocycles. The molecule has 0 N–H and O–H groups in total. The molecule has 8 heteroatoms. The van der Waals surface area contributed by atoms with Crippen molar-refractivity contribution in [2.75, 3.05) is 20.3 Å². The first-order chi connectivity index (χ1) is 12.7. The first-order valence-corrected chi connectivity index (χ1v) is 8.61. The van der Waals surface area contributed by atoms with Gasteiger partial charge in [-0.15, -0.1) is 10.2 Å². The van der Waals surface area contributed by atoms with Crippen LogP contribution in [-0.4, -0.2) is 40.5 Å². The van der Waals surface area contributed by atoms with Gasteiger partial charge >= 0.3 is 0 Å². The van der Waals surface area contributed by atoms with Crippen molar-refractivity contribution in [2.24, 2.45) is 0 Å². The van der Waals surface area contributed by atoms with Crippen molar-refractivity contribution in [2.45, 2.75) is 13.0 Å². The van der Waals surface area contributed by atoms with Crippen molar-refractivity contribution in [1.82, 2.24) is 20.2 Å². The van der Waals surface area contributed by atoms with E-state index < -0.39 is 0 Å². The van der Waals surface area contributed by atoms with Gasteiger partial charge in [0.1, 0.15) is 5.75 Å². The maximum absolute atomic E-state index is 6.34. The Morgan fingerprint density at radius 1 is 1.19 bits per heavy atom. The average molecular weight is 373 g/mol. The molecule has 2 heterocycles. The van der Waals surface area contributed by atoms with Crippen LogP contribution in [-0.2, 0) is 6.54 Å². The Morgan fingerprint density at radius 2 is 2.08 bits per heavy atom. The molecule has 0 atom stereocenters. The summed E-state index contributed by atoms with van der Waals surface area (Å²) in [4.78, 5) is 1.52. The zero-order chi connectivity index (χ0) is 17.9. The number of fused-ring (bicyclic) bond motifs is 1. The van der Waals surface area contributed by atoms with E-state index in [-0.39, 0.29) is 0 Å². The average Bonchev–Trinajstić information content (AvgIpc) is 2.98. The number of ether oxygens (including phenoxy) is 3. The second kappa shape index (κ2) is 7.21. The molecule has 0 unspecified atom stereocenters. The number of nitrogens with zero attached hydrogens (tertiary/aromatic N) is 4. The molecule has 2 aromatic carbocycles. The Bertz CT molecular complexity index is 929. The van der Waals surface area contributed by atoms with Gasteiger partial charge in [-0.25, -0.2) is 0 Å². The first-order valence-electron chi connectivity index (χ1n) is 8.23. The number of hydrogen-bond donors (Lipinski definition) is 0. The lowest BCUT2D eigenvalue weighted by Crippen LogP contribution is -2.05. The van der Waals surface area contributed by atoms with Crippen molar-refractivity contribution < 1.29 is 14.2 Å². The van der Waals surface area contributed by atoms with E-state index in [0.717, 1.165) is 23.3 Å². The summed E-state index contributed by atoms with van der Waals surface area (Å²) in [5.74, 6) is 2.52. The molecule has 0 bridgehead atoms. The normalized spacial score (nSPS) is 13.3. The third kappa shape index (κ3) is 3.43. The highest BCUT2D eigenvalue weighted by Crippen LogP contribution is 2.38. The van der Waals surface area contributed by atoms with Crippen LogP contribution in [0.15, 0.2) is 36.4 Å². The van der Waals surface area contributed by atoms with E-state index in [1.165, 1.54) is 4.80 Å². The van der Waals surface area contributed by atoms with Gasteiger partial charge in [0.25, 0.3) is 0 Å². The van der Waals surface area contributed by atoms with Gasteiger partial charge in [-0.3, -0.25) is 0 Å². The molecule has 0 fully saturated rings. The third-order valence-corrected chi connectivity index (χ3v) is 4.25. The van der Waals surface area contributed by atoms with Gasteiger partial charge < -0.3 is 14.2 Å². The lowest BCUT2D eigenvalue weighted by atomic mass is 10.2. The van der Waals surface area contributed by atoms with Crippen molar-refractivity contribution in [1.29, 1.82) is 0 Å². The van der Waals surface area contributed by atoms with Gasteiger partial charge in [0, 0.05) is 12.0 Å². The van der Waals surface area contributed by atoms with Crippen LogP contribution >= 0.6 is 11.6 Å². The molecule has 0 aliphatic carbocycles. The molecule has 26 heavy (non-hydrogen) atoms. The van der Waals surface area contributed by atoms with E-state index in [9.17, 15) is 0 Å². The smallest absolute Gasteiger partial charge is 0.205 e. The molecule has 0 saturated carbocycles. The van der Waals surface area contributed by atoms with E-state index in [1.54, 1.807) is 7.11 Å². The summed E-state index contributed by atoms with van der Waals surface area (Å²) in [7, 11) is 1.62. The Morgan fingerprint density at radius 3 is 2.96 bits per heavy atom. The molecule has 1 aliphatic heterocycles. The second-order valence-electron chi connectivity index (χ2n) is 5.83. The number of methoxy groups -OCH3 is 1. The number of rotatable bonds is 4. The van der Waals surface area contributed by atoms with Crippen LogP contribution in [0.1, 0.15) is 12.0 Å². The number of tetrazole rings is 1. The maximum atomic E-state index is 6.34. The Labute approximate surface area is 155 Å². The molecular formula is C18H17ClN4O3. The molecule has 7 nitrogen and oxygen atoms in total. The zero-order valence-corrected chi connectivity index (χ0v) is 14.9. The monoisotopic (exact) mass is 372 g/mol. The summed E-state index contributed by atoms with van der Waals surface area (Å²) in [6, 6.07) is 11.3. The third-order valence-electron chi connectivity index (χ3n) is 3.97. The Hall–Kier alpha value is -2.80. The largest absolute Gasteiger partial charge is 0.497 e. The SMILES string of the molecule is COc1cccc(-c2nnn(Cc3cc(Cl)c4c(c3)OCCCO4)n2)c1. The topological polar surface area (TPSA) is 71.3 Å². The second-order valence-corrected chi connectivity index (χ2v) is 6.24. The van der Waals surface area contributed by atoms with Gasteiger partial charge in [-0.1, -0.05) is 23.7 Å². The Balaban J connectivity index is 1.57. The summed E-state index contributed by atoms with van der Waals surface area (Å²) in [6.07, 6.45) is 0.828. The van der Waals surface area contributed by atoms with E-state index in [2.05, 4.69) is 15.4 Å². The van der Waals surface area contributed by atoms with Crippen LogP contribution in [0.25, 0.3) is 11.4 Å². The fourth-order valence-corrected chi connectivity index (χ4v) is 3.01. The zero-order valence-electron chi connectivity index (χ0n) is 14.2. The lowest BCUT2D eigenvalue weighted by Gasteiger charge is -2.11. The summed E-state index contributed by atoms with van der Waals surface area (Å²) in [5, 5.41) is 13.2. The number of aromatic nitrogens is 4. The highest BCUT2D eigenvalue weighted by molar-refractivity contribution is 6.32. The standard InChI is InChI=1S/C18H17ClN4O3/c1-24-14-5-2-4-13(10-14)18-20-22-23(21-18)11-12-8-15(19)17-16(9-12)25-6-3-7-26-17/h2,4-5,8-10H,3,6-7,11H2,1H3. The minimum Gasteiger partial charge on any atom is -0.497 e. The number of benzene rings is 2. The fraction of sp³-hybridized carbons (Fsp3) is 0.278. The van der Waals surface area contributed by atoms with Gasteiger partial charge in [0.15, 0.2) is 11.5 Å². The van der Waals surface area contributed by atoms with Crippen molar-refractivity contribution >= 4 is 11.6 Å². The molecule has 0 spiro atoms. The highest BCUT2D eigenvalue weighted by Gasteiger charge is 2.16. The number of hydrogen-bond acceptors (Lipinski definition) is 6. The quantitative estimate of drug-likeness (QED) is 0.700. The predicted molar refractivity (Wildman–Crippen MR) is 96.0 cm³/mol. The molecule has 134 valence electrons. The van der Waals surface area contributed by atoms with Crippen LogP contribution in [0, 0.1) is 0 Å². The summed E-state index contributed by atoms with van der Waals surface area (Å²) < 4.78 is 16.6. The van der Waals surface area contributed by atoms with E-state index in [0.29, 0.717) is 42.1 Å². The minimum absolute atomic E-state index is 0.424. The predicted octanol–water partition coefficient (Wildman–Crippen LogP) is 3.21. The summed E-state index contributed by atoms with van der Waals surface area (Å²) in [5.41, 5.74) is 1.75. The lowest BCUT2D eigenvalue weighted by molar-refractivity contribution is 0.297. The molecular weight excluding hydrogens is 356 g/mol. The minimum atomic E-state index is 0.424. The Kier molecular flexibility index (Phi) is 4.62. The molecule has 0 saturated heterocycles. The van der Waals surface area contributed by atoms with Crippen molar-refractivity contribution in [3.05, 3.63) is 47.0 Å². The summed E-state index contributed by atoms with van der Waals surface area (Å²) in [6.45, 7) is 1.63. The van der Waals surface area contributed by atoms with Crippen LogP contribution in [0.2, 0.25) is 5.02 Å². The van der Waals surface area contributed by atoms with Gasteiger partial charge in [-0.05, 0) is 35.0 Å². The van der Waals surface area contributed by atoms with Gasteiger partial charge in [0.2, 0.25) is 5.82 Å². The molecule has 0 radical (unpaired) electrons. The van der Waals surface area contributed by atoms with Crippen LogP contribution in [0.3, 0.4) is 0 Å².